The van der Waals surface area contributed by atoms with Gasteiger partial charge in [0.2, 0.25) is 0 Å². The first kappa shape index (κ1) is 17.4. The van der Waals surface area contributed by atoms with E-state index in [9.17, 15) is 4.79 Å². The van der Waals surface area contributed by atoms with E-state index in [2.05, 4.69) is 36.0 Å². The number of hydrogen-bond acceptors (Lipinski definition) is 4. The van der Waals surface area contributed by atoms with Gasteiger partial charge in [-0.3, -0.25) is 4.79 Å². The Balaban J connectivity index is 1.80. The van der Waals surface area contributed by atoms with E-state index in [1.807, 2.05) is 6.92 Å². The minimum atomic E-state index is 0.0371. The van der Waals surface area contributed by atoms with Gasteiger partial charge in [0.25, 0.3) is 5.91 Å². The van der Waals surface area contributed by atoms with Gasteiger partial charge < -0.3 is 10.2 Å². The third-order valence-corrected chi connectivity index (χ3v) is 5.26. The maximum atomic E-state index is 12.3. The minimum absolute atomic E-state index is 0.0371. The smallest absolute Gasteiger partial charge is 0.263 e. The van der Waals surface area contributed by atoms with Crippen LogP contribution in [0.2, 0.25) is 0 Å². The molecule has 5 heteroatoms. The maximum absolute atomic E-state index is 12.3. The second-order valence-corrected chi connectivity index (χ2v) is 8.01. The molecular formula is C17H29N3OS. The Labute approximate surface area is 138 Å². The predicted molar refractivity (Wildman–Crippen MR) is 92.6 cm³/mol. The number of piperidine rings is 1. The van der Waals surface area contributed by atoms with Crippen molar-refractivity contribution in [3.05, 3.63) is 15.6 Å². The first-order chi connectivity index (χ1) is 10.5. The van der Waals surface area contributed by atoms with Gasteiger partial charge >= 0.3 is 0 Å². The van der Waals surface area contributed by atoms with Crippen LogP contribution in [0.5, 0.6) is 0 Å². The first-order valence-electron chi connectivity index (χ1n) is 8.42. The summed E-state index contributed by atoms with van der Waals surface area (Å²) >= 11 is 1.55. The molecule has 2 heterocycles. The Morgan fingerprint density at radius 1 is 1.50 bits per heavy atom. The Kier molecular flexibility index (Phi) is 6.38. The molecule has 1 saturated heterocycles. The highest BCUT2D eigenvalue weighted by atomic mass is 32.1. The maximum Gasteiger partial charge on any atom is 0.263 e. The summed E-state index contributed by atoms with van der Waals surface area (Å²) in [6.07, 6.45) is 3.56. The number of likely N-dealkylation sites (tertiary alicyclic amines) is 1. The molecule has 0 spiro atoms. The van der Waals surface area contributed by atoms with Gasteiger partial charge in [-0.2, -0.15) is 0 Å². The molecule has 1 unspecified atom stereocenters. The molecule has 0 aromatic carbocycles. The first-order valence-corrected chi connectivity index (χ1v) is 9.24. The van der Waals surface area contributed by atoms with Crippen LogP contribution < -0.4 is 5.32 Å². The van der Waals surface area contributed by atoms with Gasteiger partial charge in [-0.1, -0.05) is 20.8 Å². The Hall–Kier alpha value is -0.940. The number of carbonyl (C=O) groups excluding carboxylic acids is 1. The number of aryl methyl sites for hydroxylation is 1. The molecular weight excluding hydrogens is 294 g/mol. The summed E-state index contributed by atoms with van der Waals surface area (Å²) in [5, 5.41) is 4.13. The van der Waals surface area contributed by atoms with Gasteiger partial charge in [0, 0.05) is 26.1 Å². The van der Waals surface area contributed by atoms with Gasteiger partial charge in [0.05, 0.1) is 10.7 Å². The van der Waals surface area contributed by atoms with Crippen molar-refractivity contribution in [3.8, 4) is 0 Å². The molecule has 4 nitrogen and oxygen atoms in total. The zero-order valence-electron chi connectivity index (χ0n) is 14.3. The lowest BCUT2D eigenvalue weighted by atomic mass is 10.0. The van der Waals surface area contributed by atoms with E-state index < -0.39 is 0 Å². The third kappa shape index (κ3) is 5.06. The van der Waals surface area contributed by atoms with Gasteiger partial charge in [0.15, 0.2) is 0 Å². The second kappa shape index (κ2) is 8.06. The van der Waals surface area contributed by atoms with Crippen LogP contribution in [0.4, 0.5) is 0 Å². The molecule has 0 aliphatic carbocycles. The number of thiazole rings is 1. The van der Waals surface area contributed by atoms with Crippen molar-refractivity contribution in [2.75, 3.05) is 26.2 Å². The van der Waals surface area contributed by atoms with Crippen LogP contribution in [0.25, 0.3) is 0 Å². The molecule has 1 atom stereocenters. The molecule has 0 saturated carbocycles. The summed E-state index contributed by atoms with van der Waals surface area (Å²) in [7, 11) is 0. The van der Waals surface area contributed by atoms with Crippen LogP contribution in [0.15, 0.2) is 0 Å². The standard InChI is InChI=1S/C17H29N3OS/c1-12(2)10-15-19-14(4)16(22-15)17(21)18-7-9-20-8-5-6-13(3)11-20/h12-13H,5-11H2,1-4H3,(H,18,21). The number of nitrogens with one attached hydrogen (secondary N) is 1. The average Bonchev–Trinajstić information content (AvgIpc) is 2.78. The summed E-state index contributed by atoms with van der Waals surface area (Å²) in [5.41, 5.74) is 0.866. The normalized spacial score (nSPS) is 19.6. The molecule has 1 aromatic rings. The van der Waals surface area contributed by atoms with E-state index in [1.54, 1.807) is 11.3 Å². The summed E-state index contributed by atoms with van der Waals surface area (Å²) in [4.78, 5) is 20.1. The highest BCUT2D eigenvalue weighted by molar-refractivity contribution is 7.13. The molecule has 1 amide bonds. The van der Waals surface area contributed by atoms with Crippen molar-refractivity contribution in [2.24, 2.45) is 11.8 Å². The van der Waals surface area contributed by atoms with Crippen molar-refractivity contribution < 1.29 is 4.79 Å². The van der Waals surface area contributed by atoms with Crippen LogP contribution >= 0.6 is 11.3 Å². The zero-order valence-corrected chi connectivity index (χ0v) is 15.1. The van der Waals surface area contributed by atoms with Crippen LogP contribution in [0.1, 0.15) is 54.0 Å². The van der Waals surface area contributed by atoms with Gasteiger partial charge in [-0.25, -0.2) is 4.98 Å². The van der Waals surface area contributed by atoms with Crippen LogP contribution in [0, 0.1) is 18.8 Å². The van der Waals surface area contributed by atoms with E-state index in [0.717, 1.165) is 47.6 Å². The van der Waals surface area contributed by atoms with Crippen LogP contribution in [-0.4, -0.2) is 42.0 Å². The SMILES string of the molecule is Cc1nc(CC(C)C)sc1C(=O)NCCN1CCCC(C)C1. The summed E-state index contributed by atoms with van der Waals surface area (Å²) < 4.78 is 0. The molecule has 124 valence electrons. The topological polar surface area (TPSA) is 45.2 Å². The second-order valence-electron chi connectivity index (χ2n) is 6.92. The van der Waals surface area contributed by atoms with Crippen molar-refractivity contribution in [3.63, 3.8) is 0 Å². The fraction of sp³-hybridized carbons (Fsp3) is 0.765. The molecule has 2 rings (SSSR count). The Bertz CT molecular complexity index is 498. The molecule has 1 aromatic heterocycles. The van der Waals surface area contributed by atoms with Crippen LogP contribution in [0.3, 0.4) is 0 Å². The monoisotopic (exact) mass is 323 g/mol. The van der Waals surface area contributed by atoms with Crippen molar-refractivity contribution >= 4 is 17.2 Å². The highest BCUT2D eigenvalue weighted by Crippen LogP contribution is 2.20. The van der Waals surface area contributed by atoms with E-state index >= 15 is 0 Å². The molecule has 1 aliphatic rings. The number of nitrogens with zero attached hydrogens (tertiary/aromatic N) is 2. The predicted octanol–water partition coefficient (Wildman–Crippen LogP) is 3.11. The summed E-state index contributed by atoms with van der Waals surface area (Å²) in [5.74, 6) is 1.39. The summed E-state index contributed by atoms with van der Waals surface area (Å²) in [6.45, 7) is 12.6. The summed E-state index contributed by atoms with van der Waals surface area (Å²) in [6, 6.07) is 0. The lowest BCUT2D eigenvalue weighted by Crippen LogP contribution is -2.40. The fourth-order valence-electron chi connectivity index (χ4n) is 3.00. The Morgan fingerprint density at radius 2 is 2.27 bits per heavy atom. The average molecular weight is 324 g/mol. The van der Waals surface area contributed by atoms with Crippen molar-refractivity contribution in [1.29, 1.82) is 0 Å². The molecule has 0 radical (unpaired) electrons. The fourth-order valence-corrected chi connectivity index (χ4v) is 4.19. The van der Waals surface area contributed by atoms with Gasteiger partial charge in [0.1, 0.15) is 4.88 Å². The molecule has 1 fully saturated rings. The lowest BCUT2D eigenvalue weighted by Gasteiger charge is -2.30. The molecule has 22 heavy (non-hydrogen) atoms. The highest BCUT2D eigenvalue weighted by Gasteiger charge is 2.18. The van der Waals surface area contributed by atoms with E-state index in [1.165, 1.54) is 19.4 Å². The zero-order chi connectivity index (χ0) is 16.1. The van der Waals surface area contributed by atoms with Gasteiger partial charge in [-0.15, -0.1) is 11.3 Å². The number of aromatic nitrogens is 1. The molecule has 1 aliphatic heterocycles. The largest absolute Gasteiger partial charge is 0.350 e. The number of carbonyl (C=O) groups is 1. The number of hydrogen-bond donors (Lipinski definition) is 1. The minimum Gasteiger partial charge on any atom is -0.350 e. The number of rotatable bonds is 6. The van der Waals surface area contributed by atoms with E-state index in [-0.39, 0.29) is 5.91 Å². The van der Waals surface area contributed by atoms with E-state index in [0.29, 0.717) is 5.92 Å². The lowest BCUT2D eigenvalue weighted by molar-refractivity contribution is 0.0947. The van der Waals surface area contributed by atoms with Crippen molar-refractivity contribution in [2.45, 2.75) is 47.0 Å². The van der Waals surface area contributed by atoms with Crippen molar-refractivity contribution in [1.82, 2.24) is 15.2 Å². The van der Waals surface area contributed by atoms with Crippen LogP contribution in [-0.2, 0) is 6.42 Å². The molecule has 1 N–H and O–H groups in total. The van der Waals surface area contributed by atoms with E-state index in [4.69, 9.17) is 0 Å². The number of amides is 1. The molecule has 0 bridgehead atoms. The Morgan fingerprint density at radius 3 is 2.95 bits per heavy atom. The van der Waals surface area contributed by atoms with Gasteiger partial charge in [-0.05, 0) is 38.1 Å². The quantitative estimate of drug-likeness (QED) is 0.875. The third-order valence-electron chi connectivity index (χ3n) is 4.08.